The van der Waals surface area contributed by atoms with Crippen molar-refractivity contribution in [2.75, 3.05) is 0 Å². The third kappa shape index (κ3) is 2.56. The summed E-state index contributed by atoms with van der Waals surface area (Å²) in [5.74, 6) is -1.44. The summed E-state index contributed by atoms with van der Waals surface area (Å²) in [5.41, 5.74) is 2.72. The van der Waals surface area contributed by atoms with Gasteiger partial charge >= 0.3 is 5.97 Å². The lowest BCUT2D eigenvalue weighted by molar-refractivity contribution is 0.0696. The number of aryl methyl sites for hydroxylation is 1. The fourth-order valence-electron chi connectivity index (χ4n) is 1.93. The van der Waals surface area contributed by atoms with Crippen molar-refractivity contribution >= 4 is 5.97 Å². The van der Waals surface area contributed by atoms with Gasteiger partial charge in [-0.15, -0.1) is 0 Å². The van der Waals surface area contributed by atoms with Crippen LogP contribution in [-0.2, 0) is 6.42 Å². The highest BCUT2D eigenvalue weighted by molar-refractivity contribution is 5.89. The minimum Gasteiger partial charge on any atom is -0.478 e. The zero-order valence-corrected chi connectivity index (χ0v) is 9.98. The first-order valence-electron chi connectivity index (χ1n) is 5.64. The van der Waals surface area contributed by atoms with Crippen molar-refractivity contribution in [3.63, 3.8) is 0 Å². The van der Waals surface area contributed by atoms with Crippen LogP contribution >= 0.6 is 0 Å². The van der Waals surface area contributed by atoms with Gasteiger partial charge in [-0.25, -0.2) is 9.18 Å². The van der Waals surface area contributed by atoms with Crippen molar-refractivity contribution in [3.8, 4) is 0 Å². The van der Waals surface area contributed by atoms with Gasteiger partial charge in [-0.3, -0.25) is 0 Å². The largest absolute Gasteiger partial charge is 0.478 e. The van der Waals surface area contributed by atoms with E-state index in [1.54, 1.807) is 0 Å². The van der Waals surface area contributed by atoms with E-state index in [2.05, 4.69) is 0 Å². The van der Waals surface area contributed by atoms with Crippen molar-refractivity contribution in [2.24, 2.45) is 0 Å². The van der Waals surface area contributed by atoms with Gasteiger partial charge in [0.1, 0.15) is 5.82 Å². The first kappa shape index (κ1) is 12.3. The Morgan fingerprint density at radius 2 is 1.89 bits per heavy atom. The molecule has 0 bridgehead atoms. The van der Waals surface area contributed by atoms with E-state index in [9.17, 15) is 9.18 Å². The monoisotopic (exact) mass is 244 g/mol. The van der Waals surface area contributed by atoms with Crippen LogP contribution in [0, 0.1) is 12.7 Å². The van der Waals surface area contributed by atoms with Crippen molar-refractivity contribution in [1.82, 2.24) is 0 Å². The second-order valence-corrected chi connectivity index (χ2v) is 4.21. The SMILES string of the molecule is Cc1ccccc1Cc1cc(F)ccc1C(=O)O. The second-order valence-electron chi connectivity index (χ2n) is 4.21. The van der Waals surface area contributed by atoms with Crippen molar-refractivity contribution in [2.45, 2.75) is 13.3 Å². The number of halogens is 1. The van der Waals surface area contributed by atoms with Crippen LogP contribution in [0.1, 0.15) is 27.0 Å². The molecule has 2 nitrogen and oxygen atoms in total. The lowest BCUT2D eigenvalue weighted by Crippen LogP contribution is -2.04. The first-order chi connectivity index (χ1) is 8.58. The number of benzene rings is 2. The molecule has 92 valence electrons. The lowest BCUT2D eigenvalue weighted by atomic mass is 9.97. The van der Waals surface area contributed by atoms with Gasteiger partial charge < -0.3 is 5.11 Å². The van der Waals surface area contributed by atoms with E-state index < -0.39 is 11.8 Å². The summed E-state index contributed by atoms with van der Waals surface area (Å²) >= 11 is 0. The van der Waals surface area contributed by atoms with Crippen LogP contribution < -0.4 is 0 Å². The minimum absolute atomic E-state index is 0.152. The van der Waals surface area contributed by atoms with Gasteiger partial charge in [0, 0.05) is 0 Å². The predicted octanol–water partition coefficient (Wildman–Crippen LogP) is 3.42. The highest BCUT2D eigenvalue weighted by Crippen LogP contribution is 2.18. The van der Waals surface area contributed by atoms with E-state index in [0.29, 0.717) is 12.0 Å². The predicted molar refractivity (Wildman–Crippen MR) is 67.3 cm³/mol. The highest BCUT2D eigenvalue weighted by Gasteiger charge is 2.12. The summed E-state index contributed by atoms with van der Waals surface area (Å²) in [5, 5.41) is 9.08. The van der Waals surface area contributed by atoms with Gasteiger partial charge in [0.15, 0.2) is 0 Å². The molecule has 0 aliphatic rings. The fraction of sp³-hybridized carbons (Fsp3) is 0.133. The first-order valence-corrected chi connectivity index (χ1v) is 5.64. The van der Waals surface area contributed by atoms with Gasteiger partial charge in [0.2, 0.25) is 0 Å². The van der Waals surface area contributed by atoms with Crippen molar-refractivity contribution < 1.29 is 14.3 Å². The molecule has 0 aliphatic carbocycles. The normalized spacial score (nSPS) is 10.3. The van der Waals surface area contributed by atoms with Crippen LogP contribution in [-0.4, -0.2) is 11.1 Å². The second kappa shape index (κ2) is 5.00. The summed E-state index contributed by atoms with van der Waals surface area (Å²) < 4.78 is 13.2. The van der Waals surface area contributed by atoms with Crippen molar-refractivity contribution in [1.29, 1.82) is 0 Å². The molecule has 0 radical (unpaired) electrons. The van der Waals surface area contributed by atoms with Gasteiger partial charge in [0.25, 0.3) is 0 Å². The third-order valence-corrected chi connectivity index (χ3v) is 2.94. The van der Waals surface area contributed by atoms with Gasteiger partial charge in [-0.1, -0.05) is 24.3 Å². The maximum atomic E-state index is 13.2. The molecular formula is C15H13FO2. The van der Waals surface area contributed by atoms with Gasteiger partial charge in [-0.2, -0.15) is 0 Å². The molecule has 0 amide bonds. The average molecular weight is 244 g/mol. The summed E-state index contributed by atoms with van der Waals surface area (Å²) in [6, 6.07) is 11.5. The molecule has 0 aliphatic heterocycles. The van der Waals surface area contributed by atoms with Crippen LogP contribution in [0.3, 0.4) is 0 Å². The van der Waals surface area contributed by atoms with E-state index in [1.807, 2.05) is 31.2 Å². The summed E-state index contributed by atoms with van der Waals surface area (Å²) in [6.07, 6.45) is 0.423. The molecule has 0 fully saturated rings. The molecule has 0 saturated carbocycles. The van der Waals surface area contributed by atoms with Crippen LogP contribution in [0.4, 0.5) is 4.39 Å². The molecule has 3 heteroatoms. The smallest absolute Gasteiger partial charge is 0.335 e. The van der Waals surface area contributed by atoms with E-state index in [0.717, 1.165) is 11.1 Å². The summed E-state index contributed by atoms with van der Waals surface area (Å²) in [6.45, 7) is 1.95. The van der Waals surface area contributed by atoms with Crippen LogP contribution in [0.25, 0.3) is 0 Å². The van der Waals surface area contributed by atoms with E-state index >= 15 is 0 Å². The Morgan fingerprint density at radius 1 is 1.17 bits per heavy atom. The molecule has 0 heterocycles. The number of aromatic carboxylic acids is 1. The summed E-state index contributed by atoms with van der Waals surface area (Å²) in [7, 11) is 0. The number of rotatable bonds is 3. The zero-order valence-electron chi connectivity index (χ0n) is 9.98. The Morgan fingerprint density at radius 3 is 2.56 bits per heavy atom. The van der Waals surface area contributed by atoms with Crippen LogP contribution in [0.15, 0.2) is 42.5 Å². The van der Waals surface area contributed by atoms with Gasteiger partial charge in [0.05, 0.1) is 5.56 Å². The number of carboxylic acids is 1. The quantitative estimate of drug-likeness (QED) is 0.898. The molecule has 1 N–H and O–H groups in total. The van der Waals surface area contributed by atoms with Gasteiger partial charge in [-0.05, 0) is 48.2 Å². The van der Waals surface area contributed by atoms with E-state index in [1.165, 1.54) is 18.2 Å². The molecule has 2 aromatic carbocycles. The fourth-order valence-corrected chi connectivity index (χ4v) is 1.93. The molecule has 2 rings (SSSR count). The lowest BCUT2D eigenvalue weighted by Gasteiger charge is -2.08. The van der Waals surface area contributed by atoms with Crippen molar-refractivity contribution in [3.05, 3.63) is 70.5 Å². The Labute approximate surface area is 105 Å². The molecule has 2 aromatic rings. The number of carbonyl (C=O) groups is 1. The molecular weight excluding hydrogens is 231 g/mol. The maximum absolute atomic E-state index is 13.2. The maximum Gasteiger partial charge on any atom is 0.335 e. The Bertz CT molecular complexity index is 591. The van der Waals surface area contributed by atoms with Crippen LogP contribution in [0.2, 0.25) is 0 Å². The zero-order chi connectivity index (χ0) is 13.1. The average Bonchev–Trinajstić information content (AvgIpc) is 2.32. The molecule has 18 heavy (non-hydrogen) atoms. The Kier molecular flexibility index (Phi) is 3.42. The van der Waals surface area contributed by atoms with Crippen LogP contribution in [0.5, 0.6) is 0 Å². The molecule has 0 aromatic heterocycles. The molecule has 0 unspecified atom stereocenters. The number of carboxylic acid groups (broad SMARTS) is 1. The Hall–Kier alpha value is -2.16. The minimum atomic E-state index is -1.03. The van der Waals surface area contributed by atoms with E-state index in [4.69, 9.17) is 5.11 Å². The number of hydrogen-bond donors (Lipinski definition) is 1. The highest BCUT2D eigenvalue weighted by atomic mass is 19.1. The summed E-state index contributed by atoms with van der Waals surface area (Å²) in [4.78, 5) is 11.1. The topological polar surface area (TPSA) is 37.3 Å². The molecule has 0 spiro atoms. The Balaban J connectivity index is 2.42. The molecule has 0 saturated heterocycles. The molecule has 0 atom stereocenters. The third-order valence-electron chi connectivity index (χ3n) is 2.94. The standard InChI is InChI=1S/C15H13FO2/c1-10-4-2-3-5-11(10)8-12-9-13(16)6-7-14(12)15(17)18/h2-7,9H,8H2,1H3,(H,17,18). The number of hydrogen-bond acceptors (Lipinski definition) is 1. The van der Waals surface area contributed by atoms with E-state index in [-0.39, 0.29) is 5.56 Å².